The predicted octanol–water partition coefficient (Wildman–Crippen LogP) is 3.96. The highest BCUT2D eigenvalue weighted by atomic mass is 35.5. The summed E-state index contributed by atoms with van der Waals surface area (Å²) in [4.78, 5) is 29.0. The number of hydrogen-bond donors (Lipinski definition) is 1. The van der Waals surface area contributed by atoms with Gasteiger partial charge in [0, 0.05) is 60.8 Å². The molecule has 2 fully saturated rings. The second-order valence-corrected chi connectivity index (χ2v) is 10.1. The molecule has 2 aliphatic heterocycles. The van der Waals surface area contributed by atoms with E-state index in [4.69, 9.17) is 21.6 Å². The molecule has 0 radical (unpaired) electrons. The summed E-state index contributed by atoms with van der Waals surface area (Å²) in [5, 5.41) is 12.7. The largest absolute Gasteiger partial charge is 0.390 e. The Morgan fingerprint density at radius 2 is 1.54 bits per heavy atom. The Balaban J connectivity index is 1.19. The first kappa shape index (κ1) is 23.9. The summed E-state index contributed by atoms with van der Waals surface area (Å²) in [5.74, 6) is 1.55. The van der Waals surface area contributed by atoms with Gasteiger partial charge in [0.2, 0.25) is 0 Å². The van der Waals surface area contributed by atoms with Crippen molar-refractivity contribution in [3.8, 4) is 11.4 Å². The van der Waals surface area contributed by atoms with Crippen molar-refractivity contribution in [2.45, 2.75) is 12.1 Å². The average molecular weight is 514 g/mol. The van der Waals surface area contributed by atoms with E-state index in [1.54, 1.807) is 24.3 Å². The number of halogens is 1. The topological polar surface area (TPSA) is 72.8 Å². The van der Waals surface area contributed by atoms with Crippen LogP contribution in [0.1, 0.15) is 10.4 Å². The summed E-state index contributed by atoms with van der Waals surface area (Å²) < 4.78 is 0. The summed E-state index contributed by atoms with van der Waals surface area (Å²) >= 11 is 5.97. The number of benzene rings is 3. The third-order valence-corrected chi connectivity index (χ3v) is 7.59. The molecule has 8 heteroatoms. The molecular formula is C29H28ClN5O2. The lowest BCUT2D eigenvalue weighted by Crippen LogP contribution is -2.54. The molecule has 7 nitrogen and oxygen atoms in total. The summed E-state index contributed by atoms with van der Waals surface area (Å²) in [6, 6.07) is 25.0. The van der Waals surface area contributed by atoms with Crippen LogP contribution in [-0.4, -0.2) is 82.2 Å². The quantitative estimate of drug-likeness (QED) is 0.445. The number of aliphatic hydroxyl groups excluding tert-OH is 1. The molecule has 1 aromatic heterocycles. The normalized spacial score (nSPS) is 20.5. The Hall–Kier alpha value is -3.52. The van der Waals surface area contributed by atoms with Crippen LogP contribution in [0.2, 0.25) is 5.02 Å². The molecule has 37 heavy (non-hydrogen) atoms. The Bertz CT molecular complexity index is 1410. The first-order valence-electron chi connectivity index (χ1n) is 12.6. The molecule has 0 bridgehead atoms. The van der Waals surface area contributed by atoms with Crippen molar-refractivity contribution in [2.75, 3.05) is 44.2 Å². The zero-order valence-corrected chi connectivity index (χ0v) is 21.1. The minimum absolute atomic E-state index is 0.0193. The number of amides is 1. The number of para-hydroxylation sites is 1. The third kappa shape index (κ3) is 4.78. The number of β-amino-alcohol motifs (C(OH)–C–C–N with tert-alkyl or cyclic N) is 1. The number of fused-ring (bicyclic) bond motifs is 1. The SMILES string of the molecule is O=C(c1ccc(Cl)cc1)N1CCN(C2CN(c3nc(-c4ccccc4)nc4ccccc34)CC2O)CC1. The highest BCUT2D eigenvalue weighted by molar-refractivity contribution is 6.30. The molecular weight excluding hydrogens is 486 g/mol. The number of piperazine rings is 1. The van der Waals surface area contributed by atoms with E-state index >= 15 is 0 Å². The van der Waals surface area contributed by atoms with Crippen molar-refractivity contribution in [1.29, 1.82) is 0 Å². The van der Waals surface area contributed by atoms with E-state index in [0.29, 0.717) is 55.7 Å². The van der Waals surface area contributed by atoms with Gasteiger partial charge in [-0.05, 0) is 36.4 Å². The lowest BCUT2D eigenvalue weighted by Gasteiger charge is -2.38. The van der Waals surface area contributed by atoms with Crippen LogP contribution in [-0.2, 0) is 0 Å². The van der Waals surface area contributed by atoms with Crippen LogP contribution in [0, 0.1) is 0 Å². The number of aromatic nitrogens is 2. The maximum Gasteiger partial charge on any atom is 0.253 e. The minimum atomic E-state index is -0.507. The van der Waals surface area contributed by atoms with Crippen molar-refractivity contribution in [1.82, 2.24) is 19.8 Å². The number of rotatable bonds is 4. The van der Waals surface area contributed by atoms with Crippen LogP contribution in [0.25, 0.3) is 22.3 Å². The second-order valence-electron chi connectivity index (χ2n) is 9.63. The molecule has 0 spiro atoms. The highest BCUT2D eigenvalue weighted by Gasteiger charge is 2.38. The van der Waals surface area contributed by atoms with Gasteiger partial charge in [0.05, 0.1) is 17.7 Å². The van der Waals surface area contributed by atoms with Gasteiger partial charge in [0.1, 0.15) is 5.82 Å². The van der Waals surface area contributed by atoms with Crippen molar-refractivity contribution in [2.24, 2.45) is 0 Å². The van der Waals surface area contributed by atoms with Crippen LogP contribution >= 0.6 is 11.6 Å². The monoisotopic (exact) mass is 513 g/mol. The molecule has 0 aliphatic carbocycles. The fraction of sp³-hybridized carbons (Fsp3) is 0.276. The van der Waals surface area contributed by atoms with Crippen LogP contribution in [0.4, 0.5) is 5.82 Å². The van der Waals surface area contributed by atoms with E-state index in [-0.39, 0.29) is 11.9 Å². The molecule has 4 aromatic rings. The van der Waals surface area contributed by atoms with Crippen molar-refractivity contribution in [3.05, 3.63) is 89.4 Å². The summed E-state index contributed by atoms with van der Waals surface area (Å²) in [7, 11) is 0. The van der Waals surface area contributed by atoms with E-state index < -0.39 is 6.10 Å². The number of carbonyl (C=O) groups is 1. The number of hydrogen-bond acceptors (Lipinski definition) is 6. The third-order valence-electron chi connectivity index (χ3n) is 7.34. The van der Waals surface area contributed by atoms with Gasteiger partial charge in [-0.15, -0.1) is 0 Å². The Labute approximate surface area is 220 Å². The first-order chi connectivity index (χ1) is 18.1. The molecule has 6 rings (SSSR count). The summed E-state index contributed by atoms with van der Waals surface area (Å²) in [6.45, 7) is 3.85. The first-order valence-corrected chi connectivity index (χ1v) is 13.0. The predicted molar refractivity (Wildman–Crippen MR) is 146 cm³/mol. The molecule has 0 saturated carbocycles. The molecule has 2 unspecified atom stereocenters. The van der Waals surface area contributed by atoms with E-state index in [1.165, 1.54) is 0 Å². The lowest BCUT2D eigenvalue weighted by molar-refractivity contribution is 0.0376. The molecule has 188 valence electrons. The number of anilines is 1. The van der Waals surface area contributed by atoms with Gasteiger partial charge in [-0.25, -0.2) is 9.97 Å². The smallest absolute Gasteiger partial charge is 0.253 e. The average Bonchev–Trinajstić information content (AvgIpc) is 3.34. The Morgan fingerprint density at radius 1 is 0.838 bits per heavy atom. The van der Waals surface area contributed by atoms with Crippen molar-refractivity contribution < 1.29 is 9.90 Å². The Kier molecular flexibility index (Phi) is 6.50. The van der Waals surface area contributed by atoms with Gasteiger partial charge in [-0.3, -0.25) is 9.69 Å². The summed E-state index contributed by atoms with van der Waals surface area (Å²) in [5.41, 5.74) is 2.50. The Morgan fingerprint density at radius 3 is 2.30 bits per heavy atom. The van der Waals surface area contributed by atoms with Gasteiger partial charge in [0.15, 0.2) is 5.82 Å². The molecule has 1 N–H and O–H groups in total. The van der Waals surface area contributed by atoms with Gasteiger partial charge in [-0.1, -0.05) is 54.1 Å². The lowest BCUT2D eigenvalue weighted by atomic mass is 10.1. The molecule has 3 heterocycles. The fourth-order valence-corrected chi connectivity index (χ4v) is 5.48. The second kappa shape index (κ2) is 10.1. The summed E-state index contributed by atoms with van der Waals surface area (Å²) in [6.07, 6.45) is -0.507. The number of nitrogens with zero attached hydrogens (tertiary/aromatic N) is 5. The zero-order valence-electron chi connectivity index (χ0n) is 20.4. The van der Waals surface area contributed by atoms with Crippen LogP contribution in [0.15, 0.2) is 78.9 Å². The minimum Gasteiger partial charge on any atom is -0.390 e. The zero-order chi connectivity index (χ0) is 25.4. The molecule has 1 amide bonds. The van der Waals surface area contributed by atoms with E-state index in [2.05, 4.69) is 9.80 Å². The standard InChI is InChI=1S/C29H28ClN5O2/c30-22-12-10-21(11-13-22)29(37)34-16-14-33(15-17-34)25-18-35(19-26(25)36)28-23-8-4-5-9-24(23)31-27(32-28)20-6-2-1-3-7-20/h1-13,25-26,36H,14-19H2. The van der Waals surface area contributed by atoms with Crippen molar-refractivity contribution in [3.63, 3.8) is 0 Å². The molecule has 2 atom stereocenters. The van der Waals surface area contributed by atoms with Gasteiger partial charge in [-0.2, -0.15) is 0 Å². The highest BCUT2D eigenvalue weighted by Crippen LogP contribution is 2.31. The van der Waals surface area contributed by atoms with Crippen LogP contribution < -0.4 is 4.90 Å². The van der Waals surface area contributed by atoms with E-state index in [1.807, 2.05) is 59.5 Å². The van der Waals surface area contributed by atoms with Gasteiger partial charge in [0.25, 0.3) is 5.91 Å². The molecule has 3 aromatic carbocycles. The fourth-order valence-electron chi connectivity index (χ4n) is 5.35. The van der Waals surface area contributed by atoms with Crippen LogP contribution in [0.5, 0.6) is 0 Å². The maximum absolute atomic E-state index is 12.9. The number of aliphatic hydroxyl groups is 1. The van der Waals surface area contributed by atoms with Crippen molar-refractivity contribution >= 4 is 34.2 Å². The van der Waals surface area contributed by atoms with Gasteiger partial charge < -0.3 is 14.9 Å². The molecule has 2 saturated heterocycles. The maximum atomic E-state index is 12.9. The van der Waals surface area contributed by atoms with E-state index in [0.717, 1.165) is 22.3 Å². The number of carbonyl (C=O) groups excluding carboxylic acids is 1. The van der Waals surface area contributed by atoms with Gasteiger partial charge >= 0.3 is 0 Å². The van der Waals surface area contributed by atoms with E-state index in [9.17, 15) is 9.90 Å². The molecule has 2 aliphatic rings. The van der Waals surface area contributed by atoms with Crippen LogP contribution in [0.3, 0.4) is 0 Å².